The van der Waals surface area contributed by atoms with Crippen LogP contribution in [0.3, 0.4) is 0 Å². The van der Waals surface area contributed by atoms with E-state index in [0.717, 1.165) is 16.6 Å². The largest absolute Gasteiger partial charge is 0.387 e. The van der Waals surface area contributed by atoms with Crippen molar-refractivity contribution < 1.29 is 18.3 Å². The van der Waals surface area contributed by atoms with E-state index in [-0.39, 0.29) is 24.5 Å². The van der Waals surface area contributed by atoms with Crippen molar-refractivity contribution in [3.8, 4) is 0 Å². The van der Waals surface area contributed by atoms with Gasteiger partial charge in [0.05, 0.1) is 6.10 Å². The molecule has 0 saturated carbocycles. The van der Waals surface area contributed by atoms with Crippen LogP contribution < -0.4 is 5.32 Å². The summed E-state index contributed by atoms with van der Waals surface area (Å²) in [6, 6.07) is 7.78. The van der Waals surface area contributed by atoms with Gasteiger partial charge in [0.25, 0.3) is 0 Å². The Morgan fingerprint density at radius 3 is 2.43 bits per heavy atom. The Labute approximate surface area is 128 Å². The Hall–Kier alpha value is -1.37. The molecule has 1 atom stereocenters. The normalized spacial score (nSPS) is 12.4. The molecule has 0 bridgehead atoms. The zero-order valence-electron chi connectivity index (χ0n) is 10.9. The van der Waals surface area contributed by atoms with Crippen LogP contribution in [0.15, 0.2) is 40.9 Å². The Morgan fingerprint density at radius 1 is 1.00 bits per heavy atom. The standard InChI is InChI=1S/C15H13BrF3NO/c16-11-2-4-12(17)10(5-11)7-20-8-15(21)9-1-3-13(18)14(19)6-9/h1-6,15,20-21H,7-8H2. The number of hydrogen-bond donors (Lipinski definition) is 2. The lowest BCUT2D eigenvalue weighted by Crippen LogP contribution is -2.21. The van der Waals surface area contributed by atoms with E-state index in [0.29, 0.717) is 5.56 Å². The topological polar surface area (TPSA) is 32.3 Å². The van der Waals surface area contributed by atoms with Gasteiger partial charge in [-0.25, -0.2) is 13.2 Å². The van der Waals surface area contributed by atoms with E-state index in [9.17, 15) is 18.3 Å². The van der Waals surface area contributed by atoms with Crippen LogP contribution >= 0.6 is 15.9 Å². The van der Waals surface area contributed by atoms with E-state index in [1.807, 2.05) is 0 Å². The van der Waals surface area contributed by atoms with E-state index in [2.05, 4.69) is 21.2 Å². The fourth-order valence-electron chi connectivity index (χ4n) is 1.86. The average molecular weight is 360 g/mol. The second kappa shape index (κ2) is 7.06. The van der Waals surface area contributed by atoms with Crippen molar-refractivity contribution in [2.75, 3.05) is 6.54 Å². The van der Waals surface area contributed by atoms with Gasteiger partial charge in [-0.3, -0.25) is 0 Å². The fourth-order valence-corrected chi connectivity index (χ4v) is 2.27. The monoisotopic (exact) mass is 359 g/mol. The molecule has 21 heavy (non-hydrogen) atoms. The van der Waals surface area contributed by atoms with Gasteiger partial charge in [-0.05, 0) is 35.9 Å². The van der Waals surface area contributed by atoms with Gasteiger partial charge in [0.1, 0.15) is 5.82 Å². The molecule has 0 aliphatic carbocycles. The van der Waals surface area contributed by atoms with Crippen molar-refractivity contribution in [1.29, 1.82) is 0 Å². The molecule has 1 unspecified atom stereocenters. The minimum Gasteiger partial charge on any atom is -0.387 e. The molecule has 0 fully saturated rings. The van der Waals surface area contributed by atoms with Gasteiger partial charge < -0.3 is 10.4 Å². The zero-order valence-corrected chi connectivity index (χ0v) is 12.5. The number of rotatable bonds is 5. The molecule has 6 heteroatoms. The molecular weight excluding hydrogens is 347 g/mol. The third kappa shape index (κ3) is 4.30. The molecule has 0 heterocycles. The molecule has 0 aromatic heterocycles. The third-order valence-corrected chi connectivity index (χ3v) is 3.48. The Morgan fingerprint density at radius 2 is 1.71 bits per heavy atom. The average Bonchev–Trinajstić information content (AvgIpc) is 2.45. The van der Waals surface area contributed by atoms with Crippen molar-refractivity contribution in [3.63, 3.8) is 0 Å². The highest BCUT2D eigenvalue weighted by Gasteiger charge is 2.11. The first-order valence-electron chi connectivity index (χ1n) is 6.25. The van der Waals surface area contributed by atoms with Gasteiger partial charge >= 0.3 is 0 Å². The first-order valence-corrected chi connectivity index (χ1v) is 7.04. The predicted molar refractivity (Wildman–Crippen MR) is 77.1 cm³/mol. The van der Waals surface area contributed by atoms with Crippen molar-refractivity contribution in [1.82, 2.24) is 5.32 Å². The fraction of sp³-hybridized carbons (Fsp3) is 0.200. The van der Waals surface area contributed by atoms with Crippen LogP contribution in [0.4, 0.5) is 13.2 Å². The lowest BCUT2D eigenvalue weighted by atomic mass is 10.1. The van der Waals surface area contributed by atoms with E-state index in [1.54, 1.807) is 12.1 Å². The van der Waals surface area contributed by atoms with Crippen molar-refractivity contribution in [2.24, 2.45) is 0 Å². The van der Waals surface area contributed by atoms with Crippen LogP contribution in [0.5, 0.6) is 0 Å². The van der Waals surface area contributed by atoms with Crippen molar-refractivity contribution >= 4 is 15.9 Å². The van der Waals surface area contributed by atoms with Crippen LogP contribution in [-0.4, -0.2) is 11.7 Å². The molecule has 0 saturated heterocycles. The molecule has 2 nitrogen and oxygen atoms in total. The molecule has 0 spiro atoms. The highest BCUT2D eigenvalue weighted by Crippen LogP contribution is 2.17. The molecule has 0 radical (unpaired) electrons. The number of benzene rings is 2. The molecule has 2 aromatic carbocycles. The second-order valence-corrected chi connectivity index (χ2v) is 5.47. The Kier molecular flexibility index (Phi) is 5.39. The van der Waals surface area contributed by atoms with E-state index >= 15 is 0 Å². The lowest BCUT2D eigenvalue weighted by molar-refractivity contribution is 0.173. The maximum atomic E-state index is 13.5. The lowest BCUT2D eigenvalue weighted by Gasteiger charge is -2.13. The van der Waals surface area contributed by atoms with E-state index in [4.69, 9.17) is 0 Å². The first-order chi connectivity index (χ1) is 9.97. The van der Waals surface area contributed by atoms with Crippen molar-refractivity contribution in [3.05, 3.63) is 69.4 Å². The van der Waals surface area contributed by atoms with Gasteiger partial charge in [0.2, 0.25) is 0 Å². The molecule has 2 aromatic rings. The number of aliphatic hydroxyl groups is 1. The SMILES string of the molecule is OC(CNCc1cc(Br)ccc1F)c1ccc(F)c(F)c1. The highest BCUT2D eigenvalue weighted by atomic mass is 79.9. The summed E-state index contributed by atoms with van der Waals surface area (Å²) in [7, 11) is 0. The van der Waals surface area contributed by atoms with Gasteiger partial charge in [-0.2, -0.15) is 0 Å². The summed E-state index contributed by atoms with van der Waals surface area (Å²) in [5, 5.41) is 12.8. The van der Waals surface area contributed by atoms with Crippen LogP contribution in [0, 0.1) is 17.5 Å². The summed E-state index contributed by atoms with van der Waals surface area (Å²) in [4.78, 5) is 0. The highest BCUT2D eigenvalue weighted by molar-refractivity contribution is 9.10. The van der Waals surface area contributed by atoms with Crippen LogP contribution in [0.2, 0.25) is 0 Å². The quantitative estimate of drug-likeness (QED) is 0.853. The van der Waals surface area contributed by atoms with Gasteiger partial charge in [0.15, 0.2) is 11.6 Å². The van der Waals surface area contributed by atoms with Crippen LogP contribution in [0.25, 0.3) is 0 Å². The Balaban J connectivity index is 1.93. The predicted octanol–water partition coefficient (Wildman–Crippen LogP) is 3.69. The van der Waals surface area contributed by atoms with Gasteiger partial charge in [-0.15, -0.1) is 0 Å². The van der Waals surface area contributed by atoms with Gasteiger partial charge in [-0.1, -0.05) is 22.0 Å². The number of aliphatic hydroxyl groups excluding tert-OH is 1. The zero-order chi connectivity index (χ0) is 15.4. The van der Waals surface area contributed by atoms with Crippen LogP contribution in [-0.2, 0) is 6.54 Å². The first kappa shape index (κ1) is 16.0. The summed E-state index contributed by atoms with van der Waals surface area (Å²) in [5.74, 6) is -2.33. The summed E-state index contributed by atoms with van der Waals surface area (Å²) in [5.41, 5.74) is 0.706. The molecule has 2 rings (SSSR count). The Bertz CT molecular complexity index is 636. The molecule has 0 aliphatic rings. The third-order valence-electron chi connectivity index (χ3n) is 2.99. The smallest absolute Gasteiger partial charge is 0.159 e. The molecular formula is C15H13BrF3NO. The summed E-state index contributed by atoms with van der Waals surface area (Å²) in [6.45, 7) is 0.309. The molecule has 0 aliphatic heterocycles. The number of nitrogens with one attached hydrogen (secondary N) is 1. The van der Waals surface area contributed by atoms with E-state index < -0.39 is 17.7 Å². The van der Waals surface area contributed by atoms with Gasteiger partial charge in [0, 0.05) is 23.1 Å². The van der Waals surface area contributed by atoms with Crippen molar-refractivity contribution in [2.45, 2.75) is 12.6 Å². The second-order valence-electron chi connectivity index (χ2n) is 4.56. The molecule has 2 N–H and O–H groups in total. The minimum absolute atomic E-state index is 0.0943. The number of hydrogen-bond acceptors (Lipinski definition) is 2. The maximum Gasteiger partial charge on any atom is 0.159 e. The summed E-state index contributed by atoms with van der Waals surface area (Å²) < 4.78 is 40.1. The maximum absolute atomic E-state index is 13.5. The summed E-state index contributed by atoms with van der Waals surface area (Å²) >= 11 is 3.25. The van der Waals surface area contributed by atoms with E-state index in [1.165, 1.54) is 12.1 Å². The summed E-state index contributed by atoms with van der Waals surface area (Å²) in [6.07, 6.45) is -1.00. The molecule has 0 amide bonds. The minimum atomic E-state index is -1.01. The van der Waals surface area contributed by atoms with Crippen LogP contribution in [0.1, 0.15) is 17.2 Å². The number of halogens is 4. The molecule has 112 valence electrons.